The number of halogens is 5. The smallest absolute Gasteiger partial charge is 0.417 e. The molecule has 7 nitrogen and oxygen atoms in total. The van der Waals surface area contributed by atoms with E-state index >= 15 is 0 Å². The van der Waals surface area contributed by atoms with Crippen LogP contribution in [-0.4, -0.2) is 29.1 Å². The highest BCUT2D eigenvalue weighted by molar-refractivity contribution is 6.31. The van der Waals surface area contributed by atoms with E-state index in [1.807, 2.05) is 0 Å². The lowest BCUT2D eigenvalue weighted by molar-refractivity contribution is -0.137. The Morgan fingerprint density at radius 1 is 0.947 bits per heavy atom. The lowest BCUT2D eigenvalue weighted by Gasteiger charge is -2.16. The molecule has 0 atom stereocenters. The first kappa shape index (κ1) is 25.5. The van der Waals surface area contributed by atoms with E-state index in [-0.39, 0.29) is 17.1 Å². The molecule has 0 spiro atoms. The van der Waals surface area contributed by atoms with Crippen molar-refractivity contribution in [3.63, 3.8) is 0 Å². The second-order valence-electron chi connectivity index (χ2n) is 8.59. The van der Waals surface area contributed by atoms with Crippen molar-refractivity contribution in [2.24, 2.45) is 0 Å². The van der Waals surface area contributed by atoms with E-state index in [4.69, 9.17) is 16.3 Å². The minimum atomic E-state index is -4.68. The molecule has 196 valence electrons. The lowest BCUT2D eigenvalue weighted by Crippen LogP contribution is -2.20. The summed E-state index contributed by atoms with van der Waals surface area (Å²) in [5, 5.41) is 4.26. The zero-order valence-corrected chi connectivity index (χ0v) is 20.4. The summed E-state index contributed by atoms with van der Waals surface area (Å²) in [6.45, 7) is 1.83. The van der Waals surface area contributed by atoms with Gasteiger partial charge in [-0.3, -0.25) is 4.98 Å². The van der Waals surface area contributed by atoms with E-state index in [2.05, 4.69) is 25.5 Å². The van der Waals surface area contributed by atoms with E-state index in [9.17, 15) is 22.4 Å². The van der Waals surface area contributed by atoms with Crippen LogP contribution in [0.2, 0.25) is 5.02 Å². The molecule has 4 aromatic rings. The maximum Gasteiger partial charge on any atom is 0.417 e. The van der Waals surface area contributed by atoms with Crippen LogP contribution in [-0.2, 0) is 6.18 Å². The Morgan fingerprint density at radius 2 is 1.66 bits per heavy atom. The Balaban J connectivity index is 1.30. The fourth-order valence-electron chi connectivity index (χ4n) is 4.04. The highest BCUT2D eigenvalue weighted by Crippen LogP contribution is 2.36. The van der Waals surface area contributed by atoms with Gasteiger partial charge in [-0.15, -0.1) is 0 Å². The molecule has 0 saturated carbocycles. The Bertz CT molecular complexity index is 1510. The lowest BCUT2D eigenvalue weighted by atomic mass is 10.2. The van der Waals surface area contributed by atoms with Crippen LogP contribution >= 0.6 is 11.6 Å². The number of rotatable bonds is 5. The van der Waals surface area contributed by atoms with Gasteiger partial charge >= 0.3 is 12.2 Å². The molecular weight excluding hydrogens is 526 g/mol. The fraction of sp³-hybridized carbons (Fsp3) is 0.192. The SMILES string of the molecule is O=C(Nc1ccc(F)c(Oc2ccc3ncc(N4CCCC4)nc3c2)c1)Nc1ccc(Cl)c(C(F)(F)F)c1. The molecule has 5 rings (SSSR count). The molecule has 0 bridgehead atoms. The minimum absolute atomic E-state index is 0.122. The van der Waals surface area contributed by atoms with Gasteiger partial charge in [0.2, 0.25) is 0 Å². The van der Waals surface area contributed by atoms with Crippen molar-refractivity contribution in [2.75, 3.05) is 28.6 Å². The van der Waals surface area contributed by atoms with Gasteiger partial charge in [0.25, 0.3) is 0 Å². The minimum Gasteiger partial charge on any atom is -0.454 e. The summed E-state index contributed by atoms with van der Waals surface area (Å²) in [5.74, 6) is 0.224. The maximum absolute atomic E-state index is 14.5. The third-order valence-electron chi connectivity index (χ3n) is 5.88. The standard InChI is InChI=1S/C26H20ClF4N5O2/c27-19-6-3-15(11-18(19)26(29,30)31)33-25(37)34-16-4-7-20(28)23(12-16)38-17-5-8-21-22(13-17)35-24(14-32-21)36-9-1-2-10-36/h3-8,11-14H,1-2,9-10H2,(H2,33,34,37). The zero-order chi connectivity index (χ0) is 26.9. The predicted molar refractivity (Wildman–Crippen MR) is 137 cm³/mol. The average molecular weight is 546 g/mol. The van der Waals surface area contributed by atoms with Gasteiger partial charge in [-0.1, -0.05) is 11.6 Å². The van der Waals surface area contributed by atoms with E-state index in [1.54, 1.807) is 24.4 Å². The molecule has 0 radical (unpaired) electrons. The number of benzene rings is 3. The van der Waals surface area contributed by atoms with Crippen molar-refractivity contribution in [1.29, 1.82) is 0 Å². The van der Waals surface area contributed by atoms with Crippen molar-refractivity contribution < 1.29 is 27.1 Å². The number of carbonyl (C=O) groups excluding carboxylic acids is 1. The number of hydrogen-bond acceptors (Lipinski definition) is 5. The number of ether oxygens (including phenoxy) is 1. The zero-order valence-electron chi connectivity index (χ0n) is 19.6. The first-order valence-electron chi connectivity index (χ1n) is 11.6. The highest BCUT2D eigenvalue weighted by Gasteiger charge is 2.33. The fourth-order valence-corrected chi connectivity index (χ4v) is 4.27. The summed E-state index contributed by atoms with van der Waals surface area (Å²) in [6, 6.07) is 10.8. The summed E-state index contributed by atoms with van der Waals surface area (Å²) in [6.07, 6.45) is -0.766. The van der Waals surface area contributed by atoms with Gasteiger partial charge in [0.05, 0.1) is 27.8 Å². The molecule has 1 aliphatic heterocycles. The van der Waals surface area contributed by atoms with Crippen molar-refractivity contribution in [2.45, 2.75) is 19.0 Å². The van der Waals surface area contributed by atoms with Crippen LogP contribution in [0.5, 0.6) is 11.5 Å². The summed E-state index contributed by atoms with van der Waals surface area (Å²) in [7, 11) is 0. The van der Waals surface area contributed by atoms with Gasteiger partial charge in [0.1, 0.15) is 11.6 Å². The first-order chi connectivity index (χ1) is 18.2. The number of urea groups is 1. The van der Waals surface area contributed by atoms with Gasteiger partial charge in [-0.25, -0.2) is 14.2 Å². The molecular formula is C26H20ClF4N5O2. The van der Waals surface area contributed by atoms with E-state index in [0.717, 1.165) is 49.9 Å². The molecule has 1 aliphatic rings. The van der Waals surface area contributed by atoms with Crippen LogP contribution < -0.4 is 20.3 Å². The number of alkyl halides is 3. The number of hydrogen-bond donors (Lipinski definition) is 2. The summed E-state index contributed by atoms with van der Waals surface area (Å²) in [5.41, 5.74) is 0.192. The number of amides is 2. The molecule has 2 heterocycles. The Labute approximate surface area is 219 Å². The molecule has 3 aromatic carbocycles. The Kier molecular flexibility index (Phi) is 6.94. The molecule has 0 aliphatic carbocycles. The number of nitrogens with zero attached hydrogens (tertiary/aromatic N) is 3. The van der Waals surface area contributed by atoms with Crippen molar-refractivity contribution in [3.05, 3.63) is 77.2 Å². The topological polar surface area (TPSA) is 79.4 Å². The van der Waals surface area contributed by atoms with Gasteiger partial charge in [0, 0.05) is 36.6 Å². The average Bonchev–Trinajstić information content (AvgIpc) is 3.41. The van der Waals surface area contributed by atoms with Crippen molar-refractivity contribution in [3.8, 4) is 11.5 Å². The normalized spacial score (nSPS) is 13.6. The van der Waals surface area contributed by atoms with E-state index < -0.39 is 28.6 Å². The number of nitrogens with one attached hydrogen (secondary N) is 2. The number of anilines is 3. The molecule has 2 amide bonds. The maximum atomic E-state index is 14.5. The molecule has 2 N–H and O–H groups in total. The van der Waals surface area contributed by atoms with E-state index in [0.29, 0.717) is 16.8 Å². The second-order valence-corrected chi connectivity index (χ2v) is 9.00. The van der Waals surface area contributed by atoms with E-state index in [1.165, 1.54) is 18.2 Å². The quantitative estimate of drug-likeness (QED) is 0.254. The Hall–Kier alpha value is -4.12. The molecule has 38 heavy (non-hydrogen) atoms. The third kappa shape index (κ3) is 5.72. The first-order valence-corrected chi connectivity index (χ1v) is 12.0. The second kappa shape index (κ2) is 10.3. The van der Waals surface area contributed by atoms with Crippen LogP contribution in [0.15, 0.2) is 60.8 Å². The molecule has 1 fully saturated rings. The van der Waals surface area contributed by atoms with Crippen molar-refractivity contribution >= 4 is 45.9 Å². The summed E-state index contributed by atoms with van der Waals surface area (Å²) < 4.78 is 59.5. The van der Waals surface area contributed by atoms with Crippen LogP contribution in [0.4, 0.5) is 39.5 Å². The molecule has 12 heteroatoms. The summed E-state index contributed by atoms with van der Waals surface area (Å²) in [4.78, 5) is 23.6. The van der Waals surface area contributed by atoms with Gasteiger partial charge in [0.15, 0.2) is 11.6 Å². The molecule has 1 saturated heterocycles. The van der Waals surface area contributed by atoms with Crippen LogP contribution in [0.1, 0.15) is 18.4 Å². The Morgan fingerprint density at radius 3 is 2.39 bits per heavy atom. The number of carbonyl (C=O) groups is 1. The largest absolute Gasteiger partial charge is 0.454 e. The van der Waals surface area contributed by atoms with Gasteiger partial charge < -0.3 is 20.3 Å². The van der Waals surface area contributed by atoms with Gasteiger partial charge in [-0.2, -0.15) is 13.2 Å². The van der Waals surface area contributed by atoms with Gasteiger partial charge in [-0.05, 0) is 55.3 Å². The van der Waals surface area contributed by atoms with Crippen LogP contribution in [0, 0.1) is 5.82 Å². The summed E-state index contributed by atoms with van der Waals surface area (Å²) >= 11 is 5.61. The monoisotopic (exact) mass is 545 g/mol. The van der Waals surface area contributed by atoms with Crippen LogP contribution in [0.25, 0.3) is 11.0 Å². The molecule has 0 unspecified atom stereocenters. The third-order valence-corrected chi connectivity index (χ3v) is 6.21. The predicted octanol–water partition coefficient (Wildman–Crippen LogP) is 7.48. The van der Waals surface area contributed by atoms with Crippen molar-refractivity contribution in [1.82, 2.24) is 9.97 Å². The molecule has 1 aromatic heterocycles. The number of aromatic nitrogens is 2. The highest BCUT2D eigenvalue weighted by atomic mass is 35.5. The number of fused-ring (bicyclic) bond motifs is 1. The van der Waals surface area contributed by atoms with Crippen LogP contribution in [0.3, 0.4) is 0 Å².